The molecule has 0 atom stereocenters. The van der Waals surface area contributed by atoms with Crippen molar-refractivity contribution < 1.29 is 23.4 Å². The molecule has 0 saturated carbocycles. The number of carboxylic acids is 1. The fourth-order valence-electron chi connectivity index (χ4n) is 1.48. The number of anilines is 1. The highest BCUT2D eigenvalue weighted by Crippen LogP contribution is 2.21. The number of carbonyl (C=O) groups is 1. The van der Waals surface area contributed by atoms with E-state index in [-0.39, 0.29) is 10.6 Å². The van der Waals surface area contributed by atoms with Crippen molar-refractivity contribution in [3.05, 3.63) is 48.3 Å². The molecule has 104 valence electrons. The van der Waals surface area contributed by atoms with Gasteiger partial charge in [0.15, 0.2) is 0 Å². The summed E-state index contributed by atoms with van der Waals surface area (Å²) < 4.78 is 26.4. The molecule has 8 heteroatoms. The Bertz CT molecular complexity index is 744. The van der Waals surface area contributed by atoms with Crippen LogP contribution in [0.2, 0.25) is 0 Å². The summed E-state index contributed by atoms with van der Waals surface area (Å²) in [7, 11) is -3.97. The minimum atomic E-state index is -3.97. The number of hydrogen-bond acceptors (Lipinski definition) is 5. The lowest BCUT2D eigenvalue weighted by molar-refractivity contribution is -0.268. The monoisotopic (exact) mass is 293 g/mol. The normalized spacial score (nSPS) is 11.0. The van der Waals surface area contributed by atoms with Gasteiger partial charge in [0.25, 0.3) is 10.0 Å². The first-order valence-electron chi connectivity index (χ1n) is 5.37. The molecule has 2 N–H and O–H groups in total. The number of aromatic nitrogens is 1. The molecule has 1 aromatic heterocycles. The molecule has 0 aliphatic rings. The summed E-state index contributed by atoms with van der Waals surface area (Å²) in [5.74, 6) is -2.23. The summed E-state index contributed by atoms with van der Waals surface area (Å²) in [4.78, 5) is 14.3. The Hall–Kier alpha value is -2.61. The number of carboxylic acid groups (broad SMARTS) is 1. The fraction of sp³-hybridized carbons (Fsp3) is 0. The van der Waals surface area contributed by atoms with Crippen molar-refractivity contribution in [2.45, 2.75) is 4.90 Å². The van der Waals surface area contributed by atoms with E-state index in [1.165, 1.54) is 24.5 Å². The van der Waals surface area contributed by atoms with Crippen molar-refractivity contribution >= 4 is 21.7 Å². The molecule has 1 heterocycles. The maximum Gasteiger partial charge on any atom is 0.335 e. The molecule has 0 radical (unpaired) electrons. The van der Waals surface area contributed by atoms with Crippen molar-refractivity contribution in [3.8, 4) is 5.75 Å². The van der Waals surface area contributed by atoms with Gasteiger partial charge in [-0.15, -0.1) is 0 Å². The van der Waals surface area contributed by atoms with Crippen molar-refractivity contribution in [2.24, 2.45) is 0 Å². The molecule has 20 heavy (non-hydrogen) atoms. The highest BCUT2D eigenvalue weighted by molar-refractivity contribution is 7.92. The molecule has 2 aromatic rings. The van der Waals surface area contributed by atoms with Gasteiger partial charge in [0, 0.05) is 12.4 Å². The Morgan fingerprint density at radius 1 is 1.20 bits per heavy atom. The van der Waals surface area contributed by atoms with Gasteiger partial charge in [-0.2, -0.15) is 0 Å². The number of aromatic carboxylic acids is 1. The average Bonchev–Trinajstić information content (AvgIpc) is 2.39. The topological polar surface area (TPSA) is 119 Å². The summed E-state index contributed by atoms with van der Waals surface area (Å²) in [6, 6.07) is 5.67. The Kier molecular flexibility index (Phi) is 3.57. The number of nitrogens with one attached hydrogen (secondary N) is 1. The number of pyridine rings is 1. The van der Waals surface area contributed by atoms with Crippen LogP contribution in [0.15, 0.2) is 47.6 Å². The second-order valence-corrected chi connectivity index (χ2v) is 5.49. The summed E-state index contributed by atoms with van der Waals surface area (Å²) in [6.07, 6.45) is 2.81. The second kappa shape index (κ2) is 5.17. The molecule has 2 rings (SSSR count). The van der Waals surface area contributed by atoms with E-state index in [0.717, 1.165) is 18.2 Å². The van der Waals surface area contributed by atoms with Crippen LogP contribution in [0.1, 0.15) is 10.4 Å². The summed E-state index contributed by atoms with van der Waals surface area (Å²) >= 11 is 0. The van der Waals surface area contributed by atoms with Gasteiger partial charge >= 0.3 is 5.97 Å². The van der Waals surface area contributed by atoms with Gasteiger partial charge in [-0.25, -0.2) is 13.2 Å². The van der Waals surface area contributed by atoms with Gasteiger partial charge in [-0.1, -0.05) is 11.8 Å². The molecule has 0 unspecified atom stereocenters. The molecule has 0 aliphatic heterocycles. The predicted molar refractivity (Wildman–Crippen MR) is 67.9 cm³/mol. The van der Waals surface area contributed by atoms with E-state index in [9.17, 15) is 18.3 Å². The zero-order valence-electron chi connectivity index (χ0n) is 9.98. The second-order valence-electron chi connectivity index (χ2n) is 3.80. The molecule has 0 saturated heterocycles. The van der Waals surface area contributed by atoms with Crippen LogP contribution in [0.25, 0.3) is 0 Å². The van der Waals surface area contributed by atoms with Crippen LogP contribution in [0.4, 0.5) is 5.69 Å². The van der Waals surface area contributed by atoms with E-state index in [0.29, 0.717) is 0 Å². The first kappa shape index (κ1) is 13.8. The lowest BCUT2D eigenvalue weighted by Gasteiger charge is -2.13. The van der Waals surface area contributed by atoms with Gasteiger partial charge in [0.2, 0.25) is 0 Å². The Labute approximate surface area is 114 Å². The van der Waals surface area contributed by atoms with E-state index in [1.54, 1.807) is 0 Å². The van der Waals surface area contributed by atoms with Gasteiger partial charge in [0.1, 0.15) is 0 Å². The third-order valence-corrected chi connectivity index (χ3v) is 3.80. The molecule has 0 bridgehead atoms. The molecule has 7 nitrogen and oxygen atoms in total. The minimum Gasteiger partial charge on any atom is -0.872 e. The number of benzene rings is 1. The number of rotatable bonds is 4. The maximum absolute atomic E-state index is 12.1. The molecular weight excluding hydrogens is 284 g/mol. The van der Waals surface area contributed by atoms with Gasteiger partial charge in [-0.3, -0.25) is 9.71 Å². The molecule has 0 amide bonds. The van der Waals surface area contributed by atoms with Crippen LogP contribution in [0.3, 0.4) is 0 Å². The number of sulfonamides is 1. The van der Waals surface area contributed by atoms with E-state index in [1.807, 2.05) is 0 Å². The molecule has 0 fully saturated rings. The van der Waals surface area contributed by atoms with Crippen molar-refractivity contribution in [1.82, 2.24) is 4.98 Å². The Balaban J connectivity index is 2.40. The summed E-state index contributed by atoms with van der Waals surface area (Å²) in [5.41, 5.74) is -0.314. The molecule has 0 spiro atoms. The molecular formula is C12H9N2O5S-. The first-order valence-corrected chi connectivity index (χ1v) is 6.86. The minimum absolute atomic E-state index is 0.281. The zero-order chi connectivity index (χ0) is 14.8. The fourth-order valence-corrected chi connectivity index (χ4v) is 2.56. The van der Waals surface area contributed by atoms with Crippen LogP contribution in [-0.2, 0) is 10.0 Å². The molecule has 0 aliphatic carbocycles. The summed E-state index contributed by atoms with van der Waals surface area (Å²) in [5, 5.41) is 20.1. The average molecular weight is 293 g/mol. The van der Waals surface area contributed by atoms with Crippen LogP contribution in [-0.4, -0.2) is 24.5 Å². The van der Waals surface area contributed by atoms with Crippen molar-refractivity contribution in [3.63, 3.8) is 0 Å². The van der Waals surface area contributed by atoms with E-state index in [2.05, 4.69) is 9.71 Å². The Morgan fingerprint density at radius 2 is 1.85 bits per heavy atom. The van der Waals surface area contributed by atoms with Gasteiger partial charge < -0.3 is 10.2 Å². The SMILES string of the molecule is O=C(O)c1cc(S(=O)(=O)Nc2ccncc2)ccc1[O-]. The van der Waals surface area contributed by atoms with Crippen molar-refractivity contribution in [1.29, 1.82) is 0 Å². The van der Waals surface area contributed by atoms with E-state index < -0.39 is 27.3 Å². The standard InChI is InChI=1S/C12H10N2O5S/c15-11-2-1-9(7-10(11)12(16)17)20(18,19)14-8-3-5-13-6-4-8/h1-7,15H,(H,13,14)(H,16,17)/p-1. The largest absolute Gasteiger partial charge is 0.872 e. The lowest BCUT2D eigenvalue weighted by Crippen LogP contribution is -2.14. The summed E-state index contributed by atoms with van der Waals surface area (Å²) in [6.45, 7) is 0. The maximum atomic E-state index is 12.1. The van der Waals surface area contributed by atoms with Crippen LogP contribution in [0, 0.1) is 0 Å². The van der Waals surface area contributed by atoms with E-state index in [4.69, 9.17) is 5.11 Å². The quantitative estimate of drug-likeness (QED) is 0.854. The zero-order valence-corrected chi connectivity index (χ0v) is 10.8. The van der Waals surface area contributed by atoms with Crippen molar-refractivity contribution in [2.75, 3.05) is 4.72 Å². The highest BCUT2D eigenvalue weighted by atomic mass is 32.2. The third kappa shape index (κ3) is 2.86. The third-order valence-electron chi connectivity index (χ3n) is 2.42. The van der Waals surface area contributed by atoms with Crippen LogP contribution < -0.4 is 9.83 Å². The highest BCUT2D eigenvalue weighted by Gasteiger charge is 2.16. The number of nitrogens with zero attached hydrogens (tertiary/aromatic N) is 1. The van der Waals surface area contributed by atoms with E-state index >= 15 is 0 Å². The molecule has 1 aromatic carbocycles. The number of hydrogen-bond donors (Lipinski definition) is 2. The first-order chi connectivity index (χ1) is 9.40. The predicted octanol–water partition coefficient (Wildman–Crippen LogP) is 0.654. The van der Waals surface area contributed by atoms with Crippen LogP contribution >= 0.6 is 0 Å². The van der Waals surface area contributed by atoms with Gasteiger partial charge in [0.05, 0.1) is 16.1 Å². The smallest absolute Gasteiger partial charge is 0.335 e. The lowest BCUT2D eigenvalue weighted by atomic mass is 10.2. The Morgan fingerprint density at radius 3 is 2.45 bits per heavy atom. The van der Waals surface area contributed by atoms with Gasteiger partial charge in [-0.05, 0) is 24.3 Å². The van der Waals surface area contributed by atoms with Crippen LogP contribution in [0.5, 0.6) is 5.75 Å².